The van der Waals surface area contributed by atoms with E-state index < -0.39 is 0 Å². The van der Waals surface area contributed by atoms with E-state index in [1.54, 1.807) is 20.4 Å². The number of amides is 1. The Morgan fingerprint density at radius 3 is 2.67 bits per heavy atom. The van der Waals surface area contributed by atoms with Crippen LogP contribution in [-0.4, -0.2) is 65.3 Å². The number of aliphatic imine (C=N–C) groups is 1. The Morgan fingerprint density at radius 1 is 1.38 bits per heavy atom. The van der Waals surface area contributed by atoms with Gasteiger partial charge >= 0.3 is 0 Å². The molecule has 2 N–H and O–H groups in total. The molecule has 0 aliphatic rings. The number of guanidine groups is 1. The van der Waals surface area contributed by atoms with Gasteiger partial charge in [0, 0.05) is 40.2 Å². The lowest BCUT2D eigenvalue weighted by Crippen LogP contribution is -2.41. The first-order chi connectivity index (χ1) is 10.9. The Balaban J connectivity index is 0.00000529. The number of halogens is 1. The van der Waals surface area contributed by atoms with Gasteiger partial charge in [0.1, 0.15) is 18.7 Å². The number of nitrogens with one attached hydrogen (secondary N) is 2. The molecule has 0 spiro atoms. The van der Waals surface area contributed by atoms with E-state index in [0.29, 0.717) is 18.4 Å². The smallest absolute Gasteiger partial charge is 0.243 e. The number of rotatable bonds is 8. The zero-order valence-corrected chi connectivity index (χ0v) is 17.6. The zero-order chi connectivity index (χ0) is 17.2. The molecule has 8 nitrogen and oxygen atoms in total. The van der Waals surface area contributed by atoms with Gasteiger partial charge in [0.05, 0.1) is 0 Å². The summed E-state index contributed by atoms with van der Waals surface area (Å²) in [4.78, 5) is 17.5. The van der Waals surface area contributed by atoms with E-state index in [0.717, 1.165) is 25.3 Å². The lowest BCUT2D eigenvalue weighted by molar-refractivity contribution is -0.127. The van der Waals surface area contributed by atoms with Crippen molar-refractivity contribution >= 4 is 35.8 Å². The Kier molecular flexibility index (Phi) is 11.3. The van der Waals surface area contributed by atoms with Gasteiger partial charge in [-0.3, -0.25) is 4.79 Å². The van der Waals surface area contributed by atoms with Crippen molar-refractivity contribution in [2.45, 2.75) is 33.7 Å². The average molecular weight is 451 g/mol. The highest BCUT2D eigenvalue weighted by Gasteiger charge is 2.06. The van der Waals surface area contributed by atoms with Crippen LogP contribution >= 0.6 is 24.0 Å². The van der Waals surface area contributed by atoms with Crippen LogP contribution in [0.2, 0.25) is 0 Å². The van der Waals surface area contributed by atoms with Crippen LogP contribution in [0.4, 0.5) is 0 Å². The van der Waals surface area contributed by atoms with E-state index in [2.05, 4.69) is 46.6 Å². The van der Waals surface area contributed by atoms with Crippen LogP contribution in [0.5, 0.6) is 0 Å². The second-order valence-electron chi connectivity index (χ2n) is 5.95. The van der Waals surface area contributed by atoms with Gasteiger partial charge in [-0.15, -0.1) is 34.2 Å². The summed E-state index contributed by atoms with van der Waals surface area (Å²) >= 11 is 0. The first-order valence-electron chi connectivity index (χ1n) is 8.03. The number of aryl methyl sites for hydroxylation is 1. The number of carbonyl (C=O) groups excluding carboxylic acids is 1. The Bertz CT molecular complexity index is 514. The molecule has 0 bridgehead atoms. The molecule has 9 heteroatoms. The molecule has 1 amide bonds. The molecule has 0 saturated carbocycles. The molecule has 0 fully saturated rings. The van der Waals surface area contributed by atoms with E-state index in [9.17, 15) is 4.79 Å². The first kappa shape index (κ1) is 22.6. The van der Waals surface area contributed by atoms with Gasteiger partial charge in [0.25, 0.3) is 0 Å². The fourth-order valence-electron chi connectivity index (χ4n) is 1.80. The number of hydrogen-bond donors (Lipinski definition) is 2. The summed E-state index contributed by atoms with van der Waals surface area (Å²) in [5, 5.41) is 14.5. The summed E-state index contributed by atoms with van der Waals surface area (Å²) in [6.07, 6.45) is 2.58. The van der Waals surface area contributed by atoms with Crippen molar-refractivity contribution in [1.29, 1.82) is 0 Å². The molecular weight excluding hydrogens is 421 g/mol. The van der Waals surface area contributed by atoms with Crippen LogP contribution in [0.25, 0.3) is 0 Å². The summed E-state index contributed by atoms with van der Waals surface area (Å²) in [7, 11) is 3.45. The molecular formula is C15H30IN7O. The van der Waals surface area contributed by atoms with Crippen LogP contribution in [0, 0.1) is 5.92 Å². The number of likely N-dealkylation sites (N-methyl/N-ethyl adjacent to an activating group) is 1. The van der Waals surface area contributed by atoms with Crippen LogP contribution in [0.3, 0.4) is 0 Å². The minimum atomic E-state index is -0.0253. The molecule has 1 heterocycles. The molecule has 0 aliphatic carbocycles. The number of nitrogens with zero attached hydrogens (tertiary/aromatic N) is 5. The van der Waals surface area contributed by atoms with Crippen molar-refractivity contribution in [3.8, 4) is 0 Å². The van der Waals surface area contributed by atoms with Crippen molar-refractivity contribution in [1.82, 2.24) is 30.3 Å². The molecule has 0 aliphatic heterocycles. The summed E-state index contributed by atoms with van der Waals surface area (Å²) in [6, 6.07) is 0. The third kappa shape index (κ3) is 8.46. The highest BCUT2D eigenvalue weighted by atomic mass is 127. The van der Waals surface area contributed by atoms with E-state index >= 15 is 0 Å². The second kappa shape index (κ2) is 12.0. The highest BCUT2D eigenvalue weighted by Crippen LogP contribution is 1.95. The van der Waals surface area contributed by atoms with Crippen LogP contribution in [0.1, 0.15) is 26.6 Å². The molecule has 24 heavy (non-hydrogen) atoms. The highest BCUT2D eigenvalue weighted by molar-refractivity contribution is 14.0. The van der Waals surface area contributed by atoms with Crippen molar-refractivity contribution in [2.75, 3.05) is 33.7 Å². The Hall–Kier alpha value is -1.39. The van der Waals surface area contributed by atoms with E-state index in [4.69, 9.17) is 0 Å². The maximum Gasteiger partial charge on any atom is 0.243 e. The maximum absolute atomic E-state index is 11.7. The molecule has 138 valence electrons. The number of hydrogen-bond acceptors (Lipinski definition) is 4. The maximum atomic E-state index is 11.7. The van der Waals surface area contributed by atoms with Gasteiger partial charge in [-0.25, -0.2) is 4.99 Å². The third-order valence-corrected chi connectivity index (χ3v) is 3.21. The minimum absolute atomic E-state index is 0. The predicted molar refractivity (Wildman–Crippen MR) is 107 cm³/mol. The topological polar surface area (TPSA) is 87.4 Å². The summed E-state index contributed by atoms with van der Waals surface area (Å²) in [6.45, 7) is 8.67. The van der Waals surface area contributed by atoms with Crippen molar-refractivity contribution in [3.63, 3.8) is 0 Å². The predicted octanol–water partition coefficient (Wildman–Crippen LogP) is 0.738. The Morgan fingerprint density at radius 2 is 2.08 bits per heavy atom. The fourth-order valence-corrected chi connectivity index (χ4v) is 1.80. The lowest BCUT2D eigenvalue weighted by Gasteiger charge is -2.15. The van der Waals surface area contributed by atoms with Crippen LogP contribution in [-0.2, 0) is 17.8 Å². The van der Waals surface area contributed by atoms with E-state index in [-0.39, 0.29) is 36.4 Å². The minimum Gasteiger partial charge on any atom is -0.356 e. The van der Waals surface area contributed by atoms with Crippen LogP contribution in [0.15, 0.2) is 11.3 Å². The average Bonchev–Trinajstić information content (AvgIpc) is 2.96. The van der Waals surface area contributed by atoms with Crippen molar-refractivity contribution in [2.24, 2.45) is 10.9 Å². The lowest BCUT2D eigenvalue weighted by atomic mass is 10.2. The van der Waals surface area contributed by atoms with Gasteiger partial charge in [-0.05, 0) is 5.92 Å². The molecule has 0 radical (unpaired) electrons. The standard InChI is InChI=1S/C15H29N7O.HI/c1-6-13-20-19-11-22(13)8-7-16-15(17-9-12(2)3)18-10-14(23)21(4)5;/h11-12H,6-10H2,1-5H3,(H2,16,17,18);1H. The molecule has 1 rings (SSSR count). The van der Waals surface area contributed by atoms with Crippen molar-refractivity contribution in [3.05, 3.63) is 12.2 Å². The quantitative estimate of drug-likeness (QED) is 0.346. The Labute approximate surface area is 161 Å². The number of carbonyl (C=O) groups is 1. The second-order valence-corrected chi connectivity index (χ2v) is 5.95. The van der Waals surface area contributed by atoms with Crippen LogP contribution < -0.4 is 10.6 Å². The van der Waals surface area contributed by atoms with Gasteiger partial charge in [-0.2, -0.15) is 0 Å². The number of aromatic nitrogens is 3. The van der Waals surface area contributed by atoms with E-state index in [1.165, 1.54) is 4.90 Å². The fraction of sp³-hybridized carbons (Fsp3) is 0.733. The third-order valence-electron chi connectivity index (χ3n) is 3.21. The largest absolute Gasteiger partial charge is 0.356 e. The first-order valence-corrected chi connectivity index (χ1v) is 8.03. The van der Waals surface area contributed by atoms with E-state index in [1.807, 2.05) is 4.57 Å². The molecule has 1 aromatic rings. The summed E-state index contributed by atoms with van der Waals surface area (Å²) < 4.78 is 2.01. The monoisotopic (exact) mass is 451 g/mol. The molecule has 1 aromatic heterocycles. The van der Waals surface area contributed by atoms with Gasteiger partial charge in [-0.1, -0.05) is 20.8 Å². The summed E-state index contributed by atoms with van der Waals surface area (Å²) in [5.41, 5.74) is 0. The van der Waals surface area contributed by atoms with Gasteiger partial charge < -0.3 is 20.1 Å². The SMILES string of the molecule is CCc1nncn1CCNC(=NCC(=O)N(C)C)NCC(C)C.I. The van der Waals surface area contributed by atoms with Crippen molar-refractivity contribution < 1.29 is 4.79 Å². The van der Waals surface area contributed by atoms with Gasteiger partial charge in [0.15, 0.2) is 5.96 Å². The van der Waals surface area contributed by atoms with Gasteiger partial charge in [0.2, 0.25) is 5.91 Å². The zero-order valence-electron chi connectivity index (χ0n) is 15.2. The molecule has 0 unspecified atom stereocenters. The molecule has 0 saturated heterocycles. The molecule has 0 atom stereocenters. The normalized spacial score (nSPS) is 11.2. The molecule has 0 aromatic carbocycles. The summed E-state index contributed by atoms with van der Waals surface area (Å²) in [5.74, 6) is 2.09.